The molecule has 0 fully saturated rings. The molecular weight excluding hydrogens is 376 g/mol. The summed E-state index contributed by atoms with van der Waals surface area (Å²) in [4.78, 5) is 4.17. The zero-order valence-corrected chi connectivity index (χ0v) is 18.7. The van der Waals surface area contributed by atoms with Crippen molar-refractivity contribution in [3.8, 4) is 5.88 Å². The number of aromatic nitrogens is 1. The molecule has 3 rings (SSSR count). The Morgan fingerprint density at radius 2 is 1.48 bits per heavy atom. The van der Waals surface area contributed by atoms with Crippen LogP contribution in [0, 0.1) is 0 Å². The van der Waals surface area contributed by atoms with Crippen molar-refractivity contribution in [2.75, 3.05) is 19.5 Å². The second-order valence-corrected chi connectivity index (χ2v) is 12.5. The van der Waals surface area contributed by atoms with Gasteiger partial charge in [-0.1, -0.05) is 81.4 Å². The highest BCUT2D eigenvalue weighted by molar-refractivity contribution is 6.99. The molecule has 152 valence electrons. The van der Waals surface area contributed by atoms with Crippen LogP contribution in [0.2, 0.25) is 5.04 Å². The van der Waals surface area contributed by atoms with Crippen molar-refractivity contribution in [3.05, 3.63) is 78.5 Å². The van der Waals surface area contributed by atoms with Crippen LogP contribution in [-0.4, -0.2) is 27.0 Å². The lowest BCUT2D eigenvalue weighted by Crippen LogP contribution is -2.66. The van der Waals surface area contributed by atoms with E-state index in [1.54, 1.807) is 13.3 Å². The standard InChI is InChI=1S/C24H30N2O2Si/c1-24(2,3)29(20-11-7-5-8-12-20,21-13-9-6-10-14-21)28-16-15-19-17-23(27-4)26-18-22(19)25/h5-14,17-18H,15-16,25H2,1-4H3. The summed E-state index contributed by atoms with van der Waals surface area (Å²) >= 11 is 0. The maximum Gasteiger partial charge on any atom is 0.261 e. The van der Waals surface area contributed by atoms with Crippen molar-refractivity contribution < 1.29 is 9.16 Å². The van der Waals surface area contributed by atoms with Crippen LogP contribution in [0.15, 0.2) is 72.9 Å². The fourth-order valence-electron chi connectivity index (χ4n) is 3.89. The summed E-state index contributed by atoms with van der Waals surface area (Å²) in [5.41, 5.74) is 7.80. The highest BCUT2D eigenvalue weighted by Crippen LogP contribution is 2.36. The van der Waals surface area contributed by atoms with Gasteiger partial charge in [0.2, 0.25) is 5.88 Å². The van der Waals surface area contributed by atoms with Crippen LogP contribution in [0.4, 0.5) is 5.69 Å². The molecule has 0 bridgehead atoms. The minimum Gasteiger partial charge on any atom is -0.481 e. The Morgan fingerprint density at radius 3 is 1.97 bits per heavy atom. The number of methoxy groups -OCH3 is 1. The maximum atomic E-state index is 6.92. The number of nitrogens with zero attached hydrogens (tertiary/aromatic N) is 1. The van der Waals surface area contributed by atoms with Gasteiger partial charge in [-0.3, -0.25) is 0 Å². The third kappa shape index (κ3) is 4.36. The van der Waals surface area contributed by atoms with Crippen molar-refractivity contribution in [2.24, 2.45) is 0 Å². The largest absolute Gasteiger partial charge is 0.481 e. The number of anilines is 1. The van der Waals surface area contributed by atoms with E-state index in [0.717, 1.165) is 5.56 Å². The molecule has 0 amide bonds. The quantitative estimate of drug-likeness (QED) is 0.607. The van der Waals surface area contributed by atoms with E-state index in [1.165, 1.54) is 10.4 Å². The number of pyridine rings is 1. The normalized spacial score (nSPS) is 12.0. The molecule has 0 atom stereocenters. The molecule has 1 aromatic heterocycles. The van der Waals surface area contributed by atoms with Crippen LogP contribution >= 0.6 is 0 Å². The predicted molar refractivity (Wildman–Crippen MR) is 122 cm³/mol. The summed E-state index contributed by atoms with van der Waals surface area (Å²) in [6.07, 6.45) is 2.35. The Balaban J connectivity index is 1.98. The Hall–Kier alpha value is -2.63. The van der Waals surface area contributed by atoms with E-state index in [1.807, 2.05) is 6.07 Å². The van der Waals surface area contributed by atoms with E-state index in [-0.39, 0.29) is 5.04 Å². The third-order valence-corrected chi connectivity index (χ3v) is 10.4. The molecule has 0 radical (unpaired) electrons. The molecule has 0 saturated heterocycles. The molecule has 4 nitrogen and oxygen atoms in total. The lowest BCUT2D eigenvalue weighted by Gasteiger charge is -2.43. The van der Waals surface area contributed by atoms with Gasteiger partial charge >= 0.3 is 0 Å². The first-order valence-corrected chi connectivity index (χ1v) is 11.8. The summed E-state index contributed by atoms with van der Waals surface area (Å²) in [5.74, 6) is 0.569. The zero-order valence-electron chi connectivity index (χ0n) is 17.7. The fourth-order valence-corrected chi connectivity index (χ4v) is 8.45. The van der Waals surface area contributed by atoms with Crippen molar-refractivity contribution in [3.63, 3.8) is 0 Å². The highest BCUT2D eigenvalue weighted by atomic mass is 28.4. The minimum absolute atomic E-state index is 0.0445. The van der Waals surface area contributed by atoms with Crippen LogP contribution in [-0.2, 0) is 10.8 Å². The van der Waals surface area contributed by atoms with Crippen LogP contribution in [0.5, 0.6) is 5.88 Å². The zero-order chi connectivity index (χ0) is 20.9. The lowest BCUT2D eigenvalue weighted by molar-refractivity contribution is 0.301. The smallest absolute Gasteiger partial charge is 0.261 e. The second kappa shape index (κ2) is 8.80. The van der Waals surface area contributed by atoms with Gasteiger partial charge in [-0.15, -0.1) is 0 Å². The summed E-state index contributed by atoms with van der Waals surface area (Å²) in [7, 11) is -0.918. The first kappa shape index (κ1) is 21.1. The number of benzene rings is 2. The number of hydrogen-bond donors (Lipinski definition) is 1. The van der Waals surface area contributed by atoms with Crippen LogP contribution in [0.3, 0.4) is 0 Å². The van der Waals surface area contributed by atoms with Gasteiger partial charge in [0, 0.05) is 12.7 Å². The molecule has 29 heavy (non-hydrogen) atoms. The molecule has 0 saturated carbocycles. The SMILES string of the molecule is COc1cc(CCO[Si](c2ccccc2)(c2ccccc2)C(C)(C)C)c(N)cn1. The first-order chi connectivity index (χ1) is 13.9. The fraction of sp³-hybridized carbons (Fsp3) is 0.292. The molecule has 3 aromatic rings. The van der Waals surface area contributed by atoms with Crippen LogP contribution < -0.4 is 20.8 Å². The Bertz CT molecular complexity index is 885. The molecular formula is C24H30N2O2Si. The van der Waals surface area contributed by atoms with E-state index in [9.17, 15) is 0 Å². The highest BCUT2D eigenvalue weighted by Gasteiger charge is 2.49. The van der Waals surface area contributed by atoms with Crippen molar-refractivity contribution in [1.29, 1.82) is 0 Å². The van der Waals surface area contributed by atoms with Crippen molar-refractivity contribution >= 4 is 24.4 Å². The molecule has 0 aliphatic carbocycles. The summed E-state index contributed by atoms with van der Waals surface area (Å²) in [5, 5.41) is 2.51. The number of nitrogen functional groups attached to an aromatic ring is 1. The van der Waals surface area contributed by atoms with E-state index in [2.05, 4.69) is 86.4 Å². The lowest BCUT2D eigenvalue weighted by atomic mass is 10.2. The number of nitrogens with two attached hydrogens (primary N) is 1. The van der Waals surface area contributed by atoms with Crippen LogP contribution in [0.1, 0.15) is 26.3 Å². The van der Waals surface area contributed by atoms with Crippen molar-refractivity contribution in [1.82, 2.24) is 4.98 Å². The van der Waals surface area contributed by atoms with E-state index >= 15 is 0 Å². The van der Waals surface area contributed by atoms with E-state index in [0.29, 0.717) is 24.6 Å². The summed E-state index contributed by atoms with van der Waals surface area (Å²) in [6.45, 7) is 7.42. The van der Waals surface area contributed by atoms with Gasteiger partial charge in [-0.05, 0) is 27.4 Å². The van der Waals surface area contributed by atoms with E-state index < -0.39 is 8.32 Å². The first-order valence-electron chi connectivity index (χ1n) is 9.92. The third-order valence-electron chi connectivity index (χ3n) is 5.32. The monoisotopic (exact) mass is 406 g/mol. The molecule has 1 heterocycles. The Morgan fingerprint density at radius 1 is 0.931 bits per heavy atom. The number of rotatable bonds is 7. The average molecular weight is 407 g/mol. The van der Waals surface area contributed by atoms with Gasteiger partial charge in [-0.2, -0.15) is 0 Å². The topological polar surface area (TPSA) is 57.4 Å². The molecule has 5 heteroatoms. The predicted octanol–water partition coefficient (Wildman–Crippen LogP) is 3.79. The van der Waals surface area contributed by atoms with Crippen LogP contribution in [0.25, 0.3) is 0 Å². The van der Waals surface area contributed by atoms with Gasteiger partial charge < -0.3 is 14.9 Å². The maximum absolute atomic E-state index is 6.92. The summed E-state index contributed by atoms with van der Waals surface area (Å²) in [6, 6.07) is 23.2. The van der Waals surface area contributed by atoms with Gasteiger partial charge in [0.1, 0.15) is 0 Å². The number of ether oxygens (including phenoxy) is 1. The van der Waals surface area contributed by atoms with Gasteiger partial charge in [0.05, 0.1) is 19.0 Å². The van der Waals surface area contributed by atoms with Gasteiger partial charge in [-0.25, -0.2) is 4.98 Å². The van der Waals surface area contributed by atoms with E-state index in [4.69, 9.17) is 14.9 Å². The second-order valence-electron chi connectivity index (χ2n) is 8.19. The molecule has 0 unspecified atom stereocenters. The number of hydrogen-bond acceptors (Lipinski definition) is 4. The van der Waals surface area contributed by atoms with Gasteiger partial charge in [0.15, 0.2) is 0 Å². The molecule has 0 aliphatic heterocycles. The molecule has 2 aromatic carbocycles. The summed E-state index contributed by atoms with van der Waals surface area (Å²) < 4.78 is 12.2. The molecule has 0 spiro atoms. The minimum atomic E-state index is -2.53. The average Bonchev–Trinajstić information content (AvgIpc) is 2.73. The molecule has 0 aliphatic rings. The van der Waals surface area contributed by atoms with Gasteiger partial charge in [0.25, 0.3) is 8.32 Å². The molecule has 2 N–H and O–H groups in total. The van der Waals surface area contributed by atoms with Crippen molar-refractivity contribution in [2.45, 2.75) is 32.2 Å². The Labute approximate surface area is 174 Å². The Kier molecular flexibility index (Phi) is 6.40.